The van der Waals surface area contributed by atoms with E-state index in [0.29, 0.717) is 5.92 Å². The number of hydrogen-bond donors (Lipinski definition) is 2. The molecule has 0 radical (unpaired) electrons. The molecule has 1 fully saturated rings. The standard InChI is InChI=1S/C18H28N2O/c1-13-8-6-7-11-16(13)14(2)20-18(21)17(19)12-15-9-4-3-5-10-15/h6-8,11,14-15,17H,3-5,9-10,12,19H2,1-2H3,(H,20,21). The molecule has 1 aliphatic carbocycles. The number of aryl methyl sites for hydroxylation is 1. The van der Waals surface area contributed by atoms with Crippen LogP contribution in [0.25, 0.3) is 0 Å². The molecular formula is C18H28N2O. The molecule has 116 valence electrons. The topological polar surface area (TPSA) is 55.1 Å². The second-order valence-corrected chi connectivity index (χ2v) is 6.43. The first kappa shape index (κ1) is 16.0. The van der Waals surface area contributed by atoms with Gasteiger partial charge in [-0.15, -0.1) is 0 Å². The molecule has 0 bridgehead atoms. The van der Waals surface area contributed by atoms with Gasteiger partial charge in [-0.1, -0.05) is 56.4 Å². The molecule has 2 unspecified atom stereocenters. The van der Waals surface area contributed by atoms with E-state index in [4.69, 9.17) is 5.73 Å². The number of nitrogens with two attached hydrogens (primary N) is 1. The summed E-state index contributed by atoms with van der Waals surface area (Å²) in [5.41, 5.74) is 8.46. The molecule has 1 aromatic carbocycles. The van der Waals surface area contributed by atoms with Crippen molar-refractivity contribution >= 4 is 5.91 Å². The van der Waals surface area contributed by atoms with Gasteiger partial charge in [0.05, 0.1) is 12.1 Å². The van der Waals surface area contributed by atoms with Gasteiger partial charge in [-0.25, -0.2) is 0 Å². The third kappa shape index (κ3) is 4.57. The van der Waals surface area contributed by atoms with E-state index in [-0.39, 0.29) is 18.0 Å². The summed E-state index contributed by atoms with van der Waals surface area (Å²) in [4.78, 5) is 12.3. The zero-order valence-corrected chi connectivity index (χ0v) is 13.3. The Morgan fingerprint density at radius 1 is 1.29 bits per heavy atom. The first-order chi connectivity index (χ1) is 10.1. The first-order valence-corrected chi connectivity index (χ1v) is 8.19. The Kier molecular flexibility index (Phi) is 5.80. The molecule has 1 aromatic rings. The molecular weight excluding hydrogens is 260 g/mol. The molecule has 2 rings (SSSR count). The van der Waals surface area contributed by atoms with E-state index >= 15 is 0 Å². The Labute approximate surface area is 128 Å². The van der Waals surface area contributed by atoms with Crippen LogP contribution in [0.5, 0.6) is 0 Å². The summed E-state index contributed by atoms with van der Waals surface area (Å²) >= 11 is 0. The first-order valence-electron chi connectivity index (χ1n) is 8.19. The van der Waals surface area contributed by atoms with Gasteiger partial charge in [-0.2, -0.15) is 0 Å². The zero-order chi connectivity index (χ0) is 15.2. The highest BCUT2D eigenvalue weighted by Gasteiger charge is 2.22. The number of carbonyl (C=O) groups excluding carboxylic acids is 1. The molecule has 1 amide bonds. The molecule has 2 atom stereocenters. The van der Waals surface area contributed by atoms with Crippen LogP contribution < -0.4 is 11.1 Å². The van der Waals surface area contributed by atoms with Crippen LogP contribution in [0.2, 0.25) is 0 Å². The monoisotopic (exact) mass is 288 g/mol. The Bertz CT molecular complexity index is 466. The molecule has 0 spiro atoms. The quantitative estimate of drug-likeness (QED) is 0.871. The van der Waals surface area contributed by atoms with E-state index in [2.05, 4.69) is 24.4 Å². The predicted octanol–water partition coefficient (Wildman–Crippen LogP) is 3.47. The van der Waals surface area contributed by atoms with Crippen molar-refractivity contribution in [3.8, 4) is 0 Å². The van der Waals surface area contributed by atoms with Crippen molar-refractivity contribution in [2.45, 2.75) is 64.5 Å². The smallest absolute Gasteiger partial charge is 0.237 e. The van der Waals surface area contributed by atoms with Gasteiger partial charge < -0.3 is 11.1 Å². The van der Waals surface area contributed by atoms with Crippen LogP contribution in [-0.4, -0.2) is 11.9 Å². The fourth-order valence-electron chi connectivity index (χ4n) is 3.36. The largest absolute Gasteiger partial charge is 0.348 e. The van der Waals surface area contributed by atoms with Gasteiger partial charge in [0, 0.05) is 0 Å². The summed E-state index contributed by atoms with van der Waals surface area (Å²) in [6.45, 7) is 4.09. The van der Waals surface area contributed by atoms with E-state index in [0.717, 1.165) is 12.0 Å². The lowest BCUT2D eigenvalue weighted by molar-refractivity contribution is -0.123. The predicted molar refractivity (Wildman–Crippen MR) is 86.9 cm³/mol. The zero-order valence-electron chi connectivity index (χ0n) is 13.3. The van der Waals surface area contributed by atoms with Crippen molar-refractivity contribution in [3.05, 3.63) is 35.4 Å². The Balaban J connectivity index is 1.86. The van der Waals surface area contributed by atoms with Crippen LogP contribution in [0.4, 0.5) is 0 Å². The molecule has 0 heterocycles. The minimum Gasteiger partial charge on any atom is -0.348 e. The van der Waals surface area contributed by atoms with E-state index in [1.807, 2.05) is 19.1 Å². The number of amides is 1. The third-order valence-corrected chi connectivity index (χ3v) is 4.66. The molecule has 1 aliphatic rings. The molecule has 3 heteroatoms. The van der Waals surface area contributed by atoms with Gasteiger partial charge in [0.2, 0.25) is 5.91 Å². The maximum atomic E-state index is 12.3. The summed E-state index contributed by atoms with van der Waals surface area (Å²) in [6.07, 6.45) is 7.20. The SMILES string of the molecule is Cc1ccccc1C(C)NC(=O)C(N)CC1CCCCC1. The van der Waals surface area contributed by atoms with E-state index in [9.17, 15) is 4.79 Å². The number of carbonyl (C=O) groups is 1. The molecule has 0 aliphatic heterocycles. The number of nitrogens with one attached hydrogen (secondary N) is 1. The van der Waals surface area contributed by atoms with Gasteiger partial charge in [0.1, 0.15) is 0 Å². The second kappa shape index (κ2) is 7.60. The summed E-state index contributed by atoms with van der Waals surface area (Å²) in [7, 11) is 0. The van der Waals surface area contributed by atoms with E-state index < -0.39 is 0 Å². The van der Waals surface area contributed by atoms with Crippen LogP contribution in [-0.2, 0) is 4.79 Å². The fourth-order valence-corrected chi connectivity index (χ4v) is 3.36. The lowest BCUT2D eigenvalue weighted by Crippen LogP contribution is -2.43. The van der Waals surface area contributed by atoms with E-state index in [1.54, 1.807) is 0 Å². The second-order valence-electron chi connectivity index (χ2n) is 6.43. The molecule has 21 heavy (non-hydrogen) atoms. The maximum absolute atomic E-state index is 12.3. The van der Waals surface area contributed by atoms with Crippen molar-refractivity contribution in [2.75, 3.05) is 0 Å². The van der Waals surface area contributed by atoms with Gasteiger partial charge >= 0.3 is 0 Å². The summed E-state index contributed by atoms with van der Waals surface area (Å²) in [6, 6.07) is 7.79. The highest BCUT2D eigenvalue weighted by Crippen LogP contribution is 2.27. The fraction of sp³-hybridized carbons (Fsp3) is 0.611. The molecule has 0 aromatic heterocycles. The summed E-state index contributed by atoms with van der Waals surface area (Å²) in [5, 5.41) is 3.06. The maximum Gasteiger partial charge on any atom is 0.237 e. The van der Waals surface area contributed by atoms with Crippen molar-refractivity contribution in [2.24, 2.45) is 11.7 Å². The van der Waals surface area contributed by atoms with Crippen LogP contribution in [0.3, 0.4) is 0 Å². The number of hydrogen-bond acceptors (Lipinski definition) is 2. The van der Waals surface area contributed by atoms with Crippen molar-refractivity contribution in [1.29, 1.82) is 0 Å². The Morgan fingerprint density at radius 2 is 1.95 bits per heavy atom. The minimum absolute atomic E-state index is 0.0103. The molecule has 3 N–H and O–H groups in total. The third-order valence-electron chi connectivity index (χ3n) is 4.66. The van der Waals surface area contributed by atoms with Crippen LogP contribution in [0, 0.1) is 12.8 Å². The summed E-state index contributed by atoms with van der Waals surface area (Å²) < 4.78 is 0. The van der Waals surface area contributed by atoms with Crippen LogP contribution in [0.1, 0.15) is 62.6 Å². The molecule has 1 saturated carbocycles. The normalized spacial score (nSPS) is 19.0. The average Bonchev–Trinajstić information content (AvgIpc) is 2.48. The number of benzene rings is 1. The lowest BCUT2D eigenvalue weighted by Gasteiger charge is -2.25. The highest BCUT2D eigenvalue weighted by atomic mass is 16.2. The van der Waals surface area contributed by atoms with Gasteiger partial charge in [-0.05, 0) is 37.3 Å². The lowest BCUT2D eigenvalue weighted by atomic mass is 9.85. The van der Waals surface area contributed by atoms with E-state index in [1.165, 1.54) is 37.7 Å². The van der Waals surface area contributed by atoms with Crippen LogP contribution in [0.15, 0.2) is 24.3 Å². The van der Waals surface area contributed by atoms with Crippen LogP contribution >= 0.6 is 0 Å². The van der Waals surface area contributed by atoms with Crippen molar-refractivity contribution in [1.82, 2.24) is 5.32 Å². The molecule has 0 saturated heterocycles. The average molecular weight is 288 g/mol. The Morgan fingerprint density at radius 3 is 2.62 bits per heavy atom. The highest BCUT2D eigenvalue weighted by molar-refractivity contribution is 5.81. The van der Waals surface area contributed by atoms with Crippen molar-refractivity contribution < 1.29 is 4.79 Å². The van der Waals surface area contributed by atoms with Crippen molar-refractivity contribution in [3.63, 3.8) is 0 Å². The minimum atomic E-state index is -0.375. The number of rotatable bonds is 5. The van der Waals surface area contributed by atoms with Gasteiger partial charge in [-0.3, -0.25) is 4.79 Å². The Hall–Kier alpha value is -1.35. The van der Waals surface area contributed by atoms with Gasteiger partial charge in [0.15, 0.2) is 0 Å². The summed E-state index contributed by atoms with van der Waals surface area (Å²) in [5.74, 6) is 0.615. The molecule has 3 nitrogen and oxygen atoms in total. The van der Waals surface area contributed by atoms with Gasteiger partial charge in [0.25, 0.3) is 0 Å².